The number of carbonyl (C=O) groups excluding carboxylic acids is 3. The zero-order valence-electron chi connectivity index (χ0n) is 15.5. The second-order valence-electron chi connectivity index (χ2n) is 6.83. The maximum atomic E-state index is 12.6. The molecule has 7 nitrogen and oxygen atoms in total. The third-order valence-corrected chi connectivity index (χ3v) is 5.27. The van der Waals surface area contributed by atoms with E-state index in [0.717, 1.165) is 17.6 Å². The van der Waals surface area contributed by atoms with E-state index in [1.54, 1.807) is 17.0 Å². The summed E-state index contributed by atoms with van der Waals surface area (Å²) < 4.78 is 5.01. The first-order chi connectivity index (χ1) is 13.0. The molecule has 0 aliphatic carbocycles. The topological polar surface area (TPSA) is 95.9 Å². The number of aliphatic hydroxyl groups excluding tert-OH is 1. The average molecular weight is 372 g/mol. The van der Waals surface area contributed by atoms with E-state index < -0.39 is 5.97 Å². The monoisotopic (exact) mass is 372 g/mol. The molecule has 0 unspecified atom stereocenters. The molecule has 3 rings (SSSR count). The molecule has 1 fully saturated rings. The number of urea groups is 1. The zero-order chi connectivity index (χ0) is 19.6. The molecule has 0 spiro atoms. The Balaban J connectivity index is 1.99. The van der Waals surface area contributed by atoms with Gasteiger partial charge in [-0.3, -0.25) is 4.79 Å². The number of nitrogens with zero attached hydrogens (tertiary/aromatic N) is 1. The molecule has 0 aromatic heterocycles. The number of aliphatic hydroxyl groups is 1. The first-order valence-electron chi connectivity index (χ1n) is 9.07. The smallest absolute Gasteiger partial charge is 0.336 e. The van der Waals surface area contributed by atoms with Gasteiger partial charge < -0.3 is 20.1 Å². The number of nitrogens with one attached hydrogen (secondary N) is 1. The maximum Gasteiger partial charge on any atom is 0.336 e. The molecule has 1 saturated heterocycles. The Kier molecular flexibility index (Phi) is 5.60. The molecule has 27 heavy (non-hydrogen) atoms. The summed E-state index contributed by atoms with van der Waals surface area (Å²) >= 11 is 0. The molecule has 1 aromatic rings. The first-order valence-corrected chi connectivity index (χ1v) is 9.07. The van der Waals surface area contributed by atoms with Crippen LogP contribution in [0.4, 0.5) is 4.79 Å². The van der Waals surface area contributed by atoms with Crippen molar-refractivity contribution in [2.45, 2.75) is 38.3 Å². The van der Waals surface area contributed by atoms with Crippen LogP contribution in [0.3, 0.4) is 0 Å². The number of ketones is 1. The molecule has 0 saturated carbocycles. The van der Waals surface area contributed by atoms with Crippen LogP contribution in [-0.4, -0.2) is 60.1 Å². The highest BCUT2D eigenvalue weighted by molar-refractivity contribution is 6.01. The van der Waals surface area contributed by atoms with E-state index in [1.165, 1.54) is 14.0 Å². The van der Waals surface area contributed by atoms with Gasteiger partial charge in [0.25, 0.3) is 0 Å². The quantitative estimate of drug-likeness (QED) is 0.606. The third kappa shape index (κ3) is 3.60. The summed E-state index contributed by atoms with van der Waals surface area (Å²) in [5, 5.41) is 11.6. The van der Waals surface area contributed by atoms with Gasteiger partial charge >= 0.3 is 12.0 Å². The van der Waals surface area contributed by atoms with Crippen molar-refractivity contribution in [3.8, 4) is 0 Å². The maximum absolute atomic E-state index is 12.6. The predicted octanol–water partition coefficient (Wildman–Crippen LogP) is 1.75. The minimum atomic E-state index is -0.439. The highest BCUT2D eigenvalue weighted by Crippen LogP contribution is 2.43. The Hall–Kier alpha value is -2.67. The molecule has 1 aromatic carbocycles. The summed E-state index contributed by atoms with van der Waals surface area (Å²) in [6, 6.07) is 6.56. The van der Waals surface area contributed by atoms with E-state index in [9.17, 15) is 14.4 Å². The Labute approximate surface area is 158 Å². The first kappa shape index (κ1) is 19.1. The minimum Gasteiger partial charge on any atom is -0.466 e. The zero-order valence-corrected chi connectivity index (χ0v) is 15.5. The van der Waals surface area contributed by atoms with Crippen LogP contribution in [-0.2, 0) is 9.53 Å². The number of benzene rings is 1. The van der Waals surface area contributed by atoms with Gasteiger partial charge in [0.1, 0.15) is 0 Å². The largest absolute Gasteiger partial charge is 0.466 e. The van der Waals surface area contributed by atoms with Gasteiger partial charge in [0.15, 0.2) is 5.78 Å². The molecule has 144 valence electrons. The number of rotatable bonds is 5. The number of hydrogen-bond acceptors (Lipinski definition) is 5. The molecule has 2 aliphatic heterocycles. The lowest BCUT2D eigenvalue weighted by Crippen LogP contribution is -2.51. The number of carbonyl (C=O) groups is 3. The summed E-state index contributed by atoms with van der Waals surface area (Å²) in [4.78, 5) is 38.3. The second-order valence-corrected chi connectivity index (χ2v) is 6.83. The van der Waals surface area contributed by atoms with Crippen LogP contribution >= 0.6 is 0 Å². The number of methoxy groups -OCH3 is 1. The van der Waals surface area contributed by atoms with Crippen molar-refractivity contribution in [1.82, 2.24) is 10.2 Å². The molecule has 2 N–H and O–H groups in total. The predicted molar refractivity (Wildman–Crippen MR) is 99.1 cm³/mol. The van der Waals surface area contributed by atoms with Gasteiger partial charge in [0.2, 0.25) is 0 Å². The fourth-order valence-corrected chi connectivity index (χ4v) is 4.02. The molecule has 2 heterocycles. The molecule has 0 radical (unpaired) electrons. The van der Waals surface area contributed by atoms with Gasteiger partial charge in [0, 0.05) is 18.2 Å². The molecular formula is C20H24N2O5. The lowest BCUT2D eigenvalue weighted by atomic mass is 9.88. The summed E-state index contributed by atoms with van der Waals surface area (Å²) in [7, 11) is 1.34. The van der Waals surface area contributed by atoms with Crippen LogP contribution in [0.25, 0.3) is 5.57 Å². The third-order valence-electron chi connectivity index (χ3n) is 5.27. The van der Waals surface area contributed by atoms with Crippen molar-refractivity contribution in [3.63, 3.8) is 0 Å². The fraction of sp³-hybridized carbons (Fsp3) is 0.450. The highest BCUT2D eigenvalue weighted by atomic mass is 16.5. The van der Waals surface area contributed by atoms with Gasteiger partial charge in [-0.1, -0.05) is 24.3 Å². The Morgan fingerprint density at radius 1 is 1.22 bits per heavy atom. The normalized spacial score (nSPS) is 21.2. The standard InChI is InChI=1S/C20H24N2O5/c1-12(24)13-3-5-14(6-4-13)16-11-15-7-8-17(18(16)19(25)27-2)22(15)20(26)21-9-10-23/h3-6,15,17,23H,7-11H2,1-2H3,(H,21,26)/t15-,17+/m0/s1. The number of esters is 1. The van der Waals surface area contributed by atoms with E-state index in [2.05, 4.69) is 5.32 Å². The van der Waals surface area contributed by atoms with Crippen molar-refractivity contribution >= 4 is 23.4 Å². The summed E-state index contributed by atoms with van der Waals surface area (Å²) in [5.74, 6) is -0.454. The van der Waals surface area contributed by atoms with Gasteiger partial charge in [0.05, 0.1) is 25.3 Å². The lowest BCUT2D eigenvalue weighted by molar-refractivity contribution is -0.136. The van der Waals surface area contributed by atoms with E-state index in [4.69, 9.17) is 9.84 Å². The Morgan fingerprint density at radius 2 is 1.93 bits per heavy atom. The van der Waals surface area contributed by atoms with Gasteiger partial charge in [-0.05, 0) is 37.3 Å². The van der Waals surface area contributed by atoms with Crippen LogP contribution in [0.5, 0.6) is 0 Å². The number of Topliss-reactive ketones (excluding diaryl/α,β-unsaturated/α-hetero) is 1. The van der Waals surface area contributed by atoms with Crippen molar-refractivity contribution in [2.24, 2.45) is 0 Å². The van der Waals surface area contributed by atoms with E-state index in [0.29, 0.717) is 24.0 Å². The average Bonchev–Trinajstić information content (AvgIpc) is 2.99. The van der Waals surface area contributed by atoms with Gasteiger partial charge in [-0.25, -0.2) is 9.59 Å². The number of fused-ring (bicyclic) bond motifs is 2. The fourth-order valence-electron chi connectivity index (χ4n) is 4.02. The Bertz CT molecular complexity index is 784. The molecular weight excluding hydrogens is 348 g/mol. The van der Waals surface area contributed by atoms with E-state index >= 15 is 0 Å². The lowest BCUT2D eigenvalue weighted by Gasteiger charge is -2.37. The number of hydrogen-bond donors (Lipinski definition) is 2. The van der Waals surface area contributed by atoms with Crippen LogP contribution in [0.1, 0.15) is 42.1 Å². The van der Waals surface area contributed by atoms with Crippen LogP contribution in [0, 0.1) is 0 Å². The van der Waals surface area contributed by atoms with Crippen LogP contribution in [0.15, 0.2) is 29.8 Å². The summed E-state index contributed by atoms with van der Waals surface area (Å²) in [5.41, 5.74) is 2.85. The molecule has 2 aliphatic rings. The number of ether oxygens (including phenoxy) is 1. The van der Waals surface area contributed by atoms with Crippen molar-refractivity contribution in [1.29, 1.82) is 0 Å². The minimum absolute atomic E-state index is 0.00965. The van der Waals surface area contributed by atoms with E-state index in [1.807, 2.05) is 12.1 Å². The van der Waals surface area contributed by atoms with Gasteiger partial charge in [-0.2, -0.15) is 0 Å². The summed E-state index contributed by atoms with van der Waals surface area (Å²) in [6.07, 6.45) is 2.04. The van der Waals surface area contributed by atoms with Crippen LogP contribution in [0.2, 0.25) is 0 Å². The SMILES string of the molecule is COC(=O)C1=C(c2ccc(C(C)=O)cc2)C[C@@H]2CC[C@H]1N2C(=O)NCCO. The van der Waals surface area contributed by atoms with Crippen molar-refractivity contribution < 1.29 is 24.2 Å². The number of amides is 2. The Morgan fingerprint density at radius 3 is 2.52 bits per heavy atom. The van der Waals surface area contributed by atoms with E-state index in [-0.39, 0.29) is 37.0 Å². The molecule has 2 bridgehead atoms. The van der Waals surface area contributed by atoms with Crippen molar-refractivity contribution in [2.75, 3.05) is 20.3 Å². The van der Waals surface area contributed by atoms with Crippen molar-refractivity contribution in [3.05, 3.63) is 41.0 Å². The highest BCUT2D eigenvalue weighted by Gasteiger charge is 2.46. The van der Waals surface area contributed by atoms with Gasteiger partial charge in [-0.15, -0.1) is 0 Å². The summed E-state index contributed by atoms with van der Waals surface area (Å²) in [6.45, 7) is 1.55. The molecule has 2 atom stereocenters. The molecule has 7 heteroatoms. The second kappa shape index (κ2) is 7.92. The van der Waals surface area contributed by atoms with Crippen LogP contribution < -0.4 is 5.32 Å². The molecule has 2 amide bonds.